The van der Waals surface area contributed by atoms with Crippen LogP contribution in [-0.2, 0) is 19.1 Å². The van der Waals surface area contributed by atoms with Crippen molar-refractivity contribution < 1.29 is 28.7 Å². The van der Waals surface area contributed by atoms with Crippen molar-refractivity contribution in [1.29, 1.82) is 0 Å². The van der Waals surface area contributed by atoms with Gasteiger partial charge in [0.05, 0.1) is 17.0 Å². The van der Waals surface area contributed by atoms with Crippen LogP contribution in [0.2, 0.25) is 0 Å². The number of thiophene rings is 1. The first-order chi connectivity index (χ1) is 13.4. The topological polar surface area (TPSA) is 111 Å². The van der Waals surface area contributed by atoms with Crippen LogP contribution in [0.4, 0.5) is 5.00 Å². The molecule has 1 aromatic heterocycles. The molecule has 1 saturated carbocycles. The van der Waals surface area contributed by atoms with Crippen molar-refractivity contribution in [1.82, 2.24) is 5.32 Å². The molecule has 2 N–H and O–H groups in total. The van der Waals surface area contributed by atoms with E-state index in [-0.39, 0.29) is 23.1 Å². The van der Waals surface area contributed by atoms with Gasteiger partial charge in [0.1, 0.15) is 5.00 Å². The van der Waals surface area contributed by atoms with Crippen molar-refractivity contribution >= 4 is 40.1 Å². The van der Waals surface area contributed by atoms with E-state index in [1.54, 1.807) is 13.8 Å². The zero-order valence-electron chi connectivity index (χ0n) is 16.4. The predicted molar refractivity (Wildman–Crippen MR) is 105 cm³/mol. The van der Waals surface area contributed by atoms with E-state index in [1.807, 2.05) is 0 Å². The fourth-order valence-corrected chi connectivity index (χ4v) is 4.36. The standard InChI is InChI=1S/C19H26N2O6S/c1-4-26-19(25)15-11(2)16(17(24)20-3)28-18(15)21-13(22)10-27-14(23)9-12-7-5-6-8-12/h12H,4-10H2,1-3H3,(H,20,24)(H,21,22). The van der Waals surface area contributed by atoms with E-state index in [1.165, 1.54) is 7.05 Å². The number of hydrogen-bond donors (Lipinski definition) is 2. The van der Waals surface area contributed by atoms with Crippen molar-refractivity contribution in [2.24, 2.45) is 5.92 Å². The zero-order valence-corrected chi connectivity index (χ0v) is 17.2. The molecule has 0 atom stereocenters. The molecule has 0 unspecified atom stereocenters. The SMILES string of the molecule is CCOC(=O)c1c(NC(=O)COC(=O)CC2CCCC2)sc(C(=O)NC)c1C. The Morgan fingerprint density at radius 3 is 2.43 bits per heavy atom. The Kier molecular flexibility index (Phi) is 7.98. The van der Waals surface area contributed by atoms with E-state index in [0.29, 0.717) is 22.8 Å². The summed E-state index contributed by atoms with van der Waals surface area (Å²) in [7, 11) is 1.48. The molecule has 0 aromatic carbocycles. The van der Waals surface area contributed by atoms with Gasteiger partial charge in [-0.2, -0.15) is 0 Å². The third-order valence-electron chi connectivity index (χ3n) is 4.61. The van der Waals surface area contributed by atoms with Crippen LogP contribution in [0.5, 0.6) is 0 Å². The van der Waals surface area contributed by atoms with Gasteiger partial charge in [-0.1, -0.05) is 12.8 Å². The normalized spacial score (nSPS) is 13.8. The first-order valence-electron chi connectivity index (χ1n) is 9.35. The van der Waals surface area contributed by atoms with E-state index in [9.17, 15) is 19.2 Å². The van der Waals surface area contributed by atoms with Crippen LogP contribution in [0.3, 0.4) is 0 Å². The number of nitrogens with one attached hydrogen (secondary N) is 2. The van der Waals surface area contributed by atoms with Gasteiger partial charge in [-0.15, -0.1) is 11.3 Å². The molecule has 1 heterocycles. The number of amides is 2. The van der Waals surface area contributed by atoms with Gasteiger partial charge in [0.2, 0.25) is 0 Å². The zero-order chi connectivity index (χ0) is 20.7. The fraction of sp³-hybridized carbons (Fsp3) is 0.579. The second kappa shape index (κ2) is 10.2. The monoisotopic (exact) mass is 410 g/mol. The fourth-order valence-electron chi connectivity index (χ4n) is 3.20. The van der Waals surface area contributed by atoms with Gasteiger partial charge in [-0.05, 0) is 38.2 Å². The van der Waals surface area contributed by atoms with E-state index in [0.717, 1.165) is 37.0 Å². The van der Waals surface area contributed by atoms with E-state index in [4.69, 9.17) is 9.47 Å². The number of hydrogen-bond acceptors (Lipinski definition) is 7. The molecule has 1 aliphatic rings. The lowest BCUT2D eigenvalue weighted by Crippen LogP contribution is -2.22. The molecule has 9 heteroatoms. The average Bonchev–Trinajstić information content (AvgIpc) is 3.27. The third-order valence-corrected chi connectivity index (χ3v) is 5.81. The summed E-state index contributed by atoms with van der Waals surface area (Å²) in [6.07, 6.45) is 4.60. The smallest absolute Gasteiger partial charge is 0.341 e. The van der Waals surface area contributed by atoms with Gasteiger partial charge in [0.25, 0.3) is 11.8 Å². The van der Waals surface area contributed by atoms with Crippen molar-refractivity contribution in [3.8, 4) is 0 Å². The summed E-state index contributed by atoms with van der Waals surface area (Å²) in [6, 6.07) is 0. The quantitative estimate of drug-likeness (QED) is 0.638. The summed E-state index contributed by atoms with van der Waals surface area (Å²) in [5, 5.41) is 5.26. The molecule has 1 aromatic rings. The lowest BCUT2D eigenvalue weighted by Gasteiger charge is -2.10. The molecular weight excluding hydrogens is 384 g/mol. The summed E-state index contributed by atoms with van der Waals surface area (Å²) in [5.41, 5.74) is 0.562. The van der Waals surface area contributed by atoms with Gasteiger partial charge in [0, 0.05) is 13.5 Å². The van der Waals surface area contributed by atoms with Crippen molar-refractivity contribution in [2.75, 3.05) is 25.6 Å². The number of carbonyl (C=O) groups is 4. The molecule has 154 valence electrons. The van der Waals surface area contributed by atoms with Crippen LogP contribution in [0.25, 0.3) is 0 Å². The Morgan fingerprint density at radius 2 is 1.82 bits per heavy atom. The van der Waals surface area contributed by atoms with Crippen LogP contribution in [0, 0.1) is 12.8 Å². The molecule has 0 saturated heterocycles. The number of esters is 2. The van der Waals surface area contributed by atoms with Crippen LogP contribution < -0.4 is 10.6 Å². The summed E-state index contributed by atoms with van der Waals surface area (Å²) in [5.74, 6) is -1.63. The molecule has 2 rings (SSSR count). The Labute approximate surface area is 168 Å². The molecule has 28 heavy (non-hydrogen) atoms. The molecule has 0 aliphatic heterocycles. The van der Waals surface area contributed by atoms with Crippen molar-refractivity contribution in [3.63, 3.8) is 0 Å². The summed E-state index contributed by atoms with van der Waals surface area (Å²) in [4.78, 5) is 48.7. The average molecular weight is 410 g/mol. The molecule has 1 aliphatic carbocycles. The summed E-state index contributed by atoms with van der Waals surface area (Å²) in [6.45, 7) is 3.00. The Bertz CT molecular complexity index is 752. The molecule has 2 amide bonds. The minimum Gasteiger partial charge on any atom is -0.462 e. The Morgan fingerprint density at radius 1 is 1.14 bits per heavy atom. The highest BCUT2D eigenvalue weighted by atomic mass is 32.1. The van der Waals surface area contributed by atoms with Crippen LogP contribution in [0.15, 0.2) is 0 Å². The van der Waals surface area contributed by atoms with Gasteiger partial charge in [0.15, 0.2) is 6.61 Å². The molecular formula is C19H26N2O6S. The van der Waals surface area contributed by atoms with E-state index >= 15 is 0 Å². The summed E-state index contributed by atoms with van der Waals surface area (Å²) >= 11 is 0.976. The maximum absolute atomic E-state index is 12.3. The van der Waals surface area contributed by atoms with Crippen LogP contribution in [0.1, 0.15) is 64.6 Å². The van der Waals surface area contributed by atoms with E-state index < -0.39 is 24.5 Å². The molecule has 8 nitrogen and oxygen atoms in total. The Hall–Kier alpha value is -2.42. The predicted octanol–water partition coefficient (Wildman–Crippen LogP) is 2.65. The number of carbonyl (C=O) groups excluding carboxylic acids is 4. The lowest BCUT2D eigenvalue weighted by atomic mass is 10.1. The van der Waals surface area contributed by atoms with Crippen LogP contribution in [-0.4, -0.2) is 44.0 Å². The maximum Gasteiger partial charge on any atom is 0.341 e. The van der Waals surface area contributed by atoms with Gasteiger partial charge in [-0.3, -0.25) is 14.4 Å². The van der Waals surface area contributed by atoms with Gasteiger partial charge >= 0.3 is 11.9 Å². The molecule has 1 fully saturated rings. The third kappa shape index (κ3) is 5.54. The second-order valence-corrected chi connectivity index (χ2v) is 7.64. The first kappa shape index (κ1) is 21.9. The van der Waals surface area contributed by atoms with Crippen molar-refractivity contribution in [3.05, 3.63) is 16.0 Å². The molecule has 0 bridgehead atoms. The highest BCUT2D eigenvalue weighted by molar-refractivity contribution is 7.18. The molecule has 0 spiro atoms. The van der Waals surface area contributed by atoms with E-state index in [2.05, 4.69) is 10.6 Å². The number of ether oxygens (including phenoxy) is 2. The highest BCUT2D eigenvalue weighted by Gasteiger charge is 2.26. The van der Waals surface area contributed by atoms with Gasteiger partial charge < -0.3 is 20.1 Å². The minimum absolute atomic E-state index is 0.135. The van der Waals surface area contributed by atoms with Crippen LogP contribution >= 0.6 is 11.3 Å². The lowest BCUT2D eigenvalue weighted by molar-refractivity contribution is -0.148. The first-order valence-corrected chi connectivity index (χ1v) is 10.2. The maximum atomic E-state index is 12.3. The number of rotatable bonds is 8. The minimum atomic E-state index is -0.625. The largest absolute Gasteiger partial charge is 0.462 e. The highest BCUT2D eigenvalue weighted by Crippen LogP contribution is 2.34. The number of anilines is 1. The Balaban J connectivity index is 2.04. The second-order valence-electron chi connectivity index (χ2n) is 6.62. The molecule has 0 radical (unpaired) electrons. The summed E-state index contributed by atoms with van der Waals surface area (Å²) < 4.78 is 10.1. The van der Waals surface area contributed by atoms with Crippen molar-refractivity contribution in [2.45, 2.75) is 46.0 Å². The van der Waals surface area contributed by atoms with Gasteiger partial charge in [-0.25, -0.2) is 4.79 Å².